The molecule has 412 valence electrons. The third-order valence-corrected chi connectivity index (χ3v) is 14.6. The third-order valence-electron chi connectivity index (χ3n) is 13.6. The molecule has 2 aliphatic rings. The molecular weight excluding hydrogens is 1030 g/mol. The first kappa shape index (κ1) is 57.0. The van der Waals surface area contributed by atoms with Gasteiger partial charge in [-0.2, -0.15) is 5.26 Å². The molecule has 22 heteroatoms. The van der Waals surface area contributed by atoms with Gasteiger partial charge in [-0.25, -0.2) is 19.3 Å². The molecule has 0 saturated carbocycles. The second kappa shape index (κ2) is 25.9. The van der Waals surface area contributed by atoms with Crippen molar-refractivity contribution in [3.63, 3.8) is 0 Å². The molecule has 20 nitrogen and oxygen atoms in total. The standard InChI is InChI=1S/C57H63FN12O8S/c1-35-51(79-34-64-35)37-11-9-36(10-12-37)30-63-55(75)46-28-40(71)32-70(46)56(76)52(57(2,3)4)67-48(72)17-25-78-26-20-61-49(73)33-68-21-23-69(24-22-68)45-27-38(41-31-60-18-15-39(41)29-59)13-14-43(45)66-54(74)44-16-19-62-53(65-44)50-42(58)7-6-8-47(50)77-5/h6-16,18-19,27,31,34,40,46,52,71H,17,20-26,28,30,32-33H2,1-5H3,(H,61,73)(H,63,75)(H,66,74)(H,67,72)/t40-,46+,52-/m1/s1. The van der Waals surface area contributed by atoms with Crippen LogP contribution < -0.4 is 30.9 Å². The van der Waals surface area contributed by atoms with Crippen molar-refractivity contribution in [3.8, 4) is 44.8 Å². The maximum absolute atomic E-state index is 15.0. The minimum atomic E-state index is -0.994. The van der Waals surface area contributed by atoms with Crippen LogP contribution in [0.4, 0.5) is 15.8 Å². The Balaban J connectivity index is 0.793. The molecule has 5 N–H and O–H groups in total. The van der Waals surface area contributed by atoms with Gasteiger partial charge in [-0.1, -0.05) is 57.2 Å². The molecule has 0 radical (unpaired) electrons. The first-order chi connectivity index (χ1) is 38.0. The normalized spacial score (nSPS) is 15.9. The number of aryl methyl sites for hydroxylation is 1. The smallest absolute Gasteiger partial charge is 0.274 e. The van der Waals surface area contributed by atoms with Gasteiger partial charge in [0.2, 0.25) is 23.6 Å². The highest BCUT2D eigenvalue weighted by molar-refractivity contribution is 7.13. The van der Waals surface area contributed by atoms with Gasteiger partial charge in [-0.05, 0) is 65.4 Å². The Bertz CT molecular complexity index is 3210. The van der Waals surface area contributed by atoms with Gasteiger partial charge in [0.05, 0.1) is 77.6 Å². The SMILES string of the molecule is COc1cccc(F)c1-c1nccc(C(=O)Nc2ccc(-c3cnccc3C#N)cc2N2CCN(CC(=O)NCCOCCC(=O)N[C@H](C(=O)N3C[C@H](O)C[C@H]3C(=O)NCc3ccc(-c4scnc4C)cc3)C(C)(C)C)CC2)n1. The zero-order chi connectivity index (χ0) is 56.2. The highest BCUT2D eigenvalue weighted by Crippen LogP contribution is 2.35. The molecule has 5 amide bonds. The van der Waals surface area contributed by atoms with Gasteiger partial charge in [0.1, 0.15) is 29.3 Å². The lowest BCUT2D eigenvalue weighted by molar-refractivity contribution is -0.144. The van der Waals surface area contributed by atoms with Crippen molar-refractivity contribution in [2.75, 3.05) is 76.4 Å². The van der Waals surface area contributed by atoms with Crippen LogP contribution in [0.5, 0.6) is 5.75 Å². The Morgan fingerprint density at radius 2 is 1.71 bits per heavy atom. The number of nitriles is 1. The number of hydrogen-bond donors (Lipinski definition) is 5. The van der Waals surface area contributed by atoms with Gasteiger partial charge in [0.15, 0.2) is 5.82 Å². The van der Waals surface area contributed by atoms with Gasteiger partial charge in [0.25, 0.3) is 5.91 Å². The first-order valence-electron chi connectivity index (χ1n) is 25.8. The van der Waals surface area contributed by atoms with Crippen molar-refractivity contribution in [2.24, 2.45) is 5.41 Å². The molecule has 79 heavy (non-hydrogen) atoms. The van der Waals surface area contributed by atoms with E-state index in [4.69, 9.17) is 9.47 Å². The molecule has 5 heterocycles. The number of aliphatic hydroxyl groups is 1. The van der Waals surface area contributed by atoms with E-state index in [0.717, 1.165) is 21.7 Å². The molecule has 2 aliphatic heterocycles. The number of aliphatic hydroxyl groups excluding tert-OH is 1. The number of halogens is 1. The summed E-state index contributed by atoms with van der Waals surface area (Å²) in [5.74, 6) is -2.49. The highest BCUT2D eigenvalue weighted by atomic mass is 32.1. The number of likely N-dealkylation sites (tertiary alicyclic amines) is 1. The largest absolute Gasteiger partial charge is 0.496 e. The number of amides is 5. The number of nitrogens with one attached hydrogen (secondary N) is 4. The lowest BCUT2D eigenvalue weighted by Crippen LogP contribution is -2.57. The molecule has 6 aromatic rings. The molecule has 3 atom stereocenters. The molecule has 0 aliphatic carbocycles. The van der Waals surface area contributed by atoms with Crippen LogP contribution in [0, 0.1) is 29.5 Å². The van der Waals surface area contributed by atoms with Crippen molar-refractivity contribution < 1.29 is 42.9 Å². The number of piperazine rings is 1. The fourth-order valence-corrected chi connectivity index (χ4v) is 10.2. The van der Waals surface area contributed by atoms with Crippen molar-refractivity contribution in [3.05, 3.63) is 125 Å². The summed E-state index contributed by atoms with van der Waals surface area (Å²) in [5, 5.41) is 32.1. The van der Waals surface area contributed by atoms with Gasteiger partial charge in [-0.3, -0.25) is 33.9 Å². The fraction of sp³-hybridized carbons (Fsp3) is 0.368. The van der Waals surface area contributed by atoms with Crippen LogP contribution >= 0.6 is 11.3 Å². The van der Waals surface area contributed by atoms with Crippen LogP contribution in [-0.4, -0.2) is 149 Å². The predicted octanol–water partition coefficient (Wildman–Crippen LogP) is 5.36. The minimum absolute atomic E-state index is 0.00913. The lowest BCUT2D eigenvalue weighted by Gasteiger charge is -2.36. The van der Waals surface area contributed by atoms with E-state index in [1.807, 2.05) is 62.9 Å². The Morgan fingerprint density at radius 1 is 0.937 bits per heavy atom. The van der Waals surface area contributed by atoms with E-state index in [9.17, 15) is 38.7 Å². The van der Waals surface area contributed by atoms with Crippen LogP contribution in [0.2, 0.25) is 0 Å². The average Bonchev–Trinajstić information content (AvgIpc) is 4.14. The number of hydrogen-bond acceptors (Lipinski definition) is 16. The molecule has 2 saturated heterocycles. The number of pyridine rings is 1. The molecule has 3 aromatic heterocycles. The number of nitrogens with zero attached hydrogens (tertiary/aromatic N) is 8. The summed E-state index contributed by atoms with van der Waals surface area (Å²) in [7, 11) is 1.40. The molecule has 3 aromatic carbocycles. The van der Waals surface area contributed by atoms with Crippen LogP contribution in [0.15, 0.2) is 96.9 Å². The van der Waals surface area contributed by atoms with Crippen LogP contribution in [-0.2, 0) is 30.5 Å². The van der Waals surface area contributed by atoms with Crippen LogP contribution in [0.1, 0.15) is 60.9 Å². The monoisotopic (exact) mass is 1090 g/mol. The molecule has 2 fully saturated rings. The third kappa shape index (κ3) is 14.3. The number of β-amino-alcohol motifs (C(OH)–C–C–N with tert-alkyl or cyclic N) is 1. The summed E-state index contributed by atoms with van der Waals surface area (Å²) in [4.78, 5) is 91.4. The van der Waals surface area contributed by atoms with E-state index < -0.39 is 53.0 Å². The summed E-state index contributed by atoms with van der Waals surface area (Å²) < 4.78 is 26.0. The summed E-state index contributed by atoms with van der Waals surface area (Å²) in [6.07, 6.45) is 3.63. The number of methoxy groups -OCH3 is 1. The number of aromatic nitrogens is 4. The van der Waals surface area contributed by atoms with Crippen LogP contribution in [0.3, 0.4) is 0 Å². The number of ether oxygens (including phenoxy) is 2. The summed E-state index contributed by atoms with van der Waals surface area (Å²) in [5.41, 5.74) is 6.79. The van der Waals surface area contributed by atoms with E-state index in [1.54, 1.807) is 53.5 Å². The molecule has 0 spiro atoms. The zero-order valence-corrected chi connectivity index (χ0v) is 45.4. The Labute approximate surface area is 461 Å². The second-order valence-corrected chi connectivity index (χ2v) is 21.1. The summed E-state index contributed by atoms with van der Waals surface area (Å²) in [6.45, 7) is 10.0. The number of rotatable bonds is 20. The van der Waals surface area contributed by atoms with E-state index in [-0.39, 0.29) is 81.0 Å². The van der Waals surface area contributed by atoms with Crippen molar-refractivity contribution in [1.82, 2.24) is 45.7 Å². The highest BCUT2D eigenvalue weighted by Gasteiger charge is 2.44. The van der Waals surface area contributed by atoms with Crippen LogP contribution in [0.25, 0.3) is 33.0 Å². The number of carbonyl (C=O) groups excluding carboxylic acids is 5. The molecular formula is C57H63FN12O8S. The average molecular weight is 1100 g/mol. The van der Waals surface area contributed by atoms with Crippen molar-refractivity contribution in [1.29, 1.82) is 5.26 Å². The van der Waals surface area contributed by atoms with Crippen molar-refractivity contribution >= 4 is 52.2 Å². The zero-order valence-electron chi connectivity index (χ0n) is 44.6. The predicted molar refractivity (Wildman–Crippen MR) is 295 cm³/mol. The van der Waals surface area contributed by atoms with E-state index in [0.29, 0.717) is 54.2 Å². The van der Waals surface area contributed by atoms with Gasteiger partial charge < -0.3 is 45.6 Å². The summed E-state index contributed by atoms with van der Waals surface area (Å²) in [6, 6.07) is 20.9. The number of benzene rings is 3. The Kier molecular flexibility index (Phi) is 18.7. The molecule has 8 rings (SSSR count). The van der Waals surface area contributed by atoms with Gasteiger partial charge in [0, 0.05) is 82.8 Å². The van der Waals surface area contributed by atoms with E-state index >= 15 is 0 Å². The Morgan fingerprint density at radius 3 is 2.43 bits per heavy atom. The van der Waals surface area contributed by atoms with Crippen molar-refractivity contribution in [2.45, 2.75) is 65.3 Å². The number of thiazole rings is 1. The molecule has 0 bridgehead atoms. The summed E-state index contributed by atoms with van der Waals surface area (Å²) >= 11 is 1.56. The second-order valence-electron chi connectivity index (χ2n) is 20.2. The van der Waals surface area contributed by atoms with E-state index in [2.05, 4.69) is 52.2 Å². The number of carbonyl (C=O) groups is 5. The minimum Gasteiger partial charge on any atom is -0.496 e. The Hall–Kier alpha value is -8.23. The van der Waals surface area contributed by atoms with Gasteiger partial charge >= 0.3 is 0 Å². The maximum atomic E-state index is 15.0. The first-order valence-corrected chi connectivity index (χ1v) is 26.7. The lowest BCUT2D eigenvalue weighted by atomic mass is 9.85. The number of anilines is 2. The maximum Gasteiger partial charge on any atom is 0.274 e. The fourth-order valence-electron chi connectivity index (χ4n) is 9.42. The topological polar surface area (TPSA) is 257 Å². The van der Waals surface area contributed by atoms with E-state index in [1.165, 1.54) is 36.4 Å². The molecule has 0 unspecified atom stereocenters. The van der Waals surface area contributed by atoms with Gasteiger partial charge in [-0.15, -0.1) is 11.3 Å². The quantitative estimate of drug-likeness (QED) is 0.0603.